The Morgan fingerprint density at radius 3 is 2.67 bits per heavy atom. The second-order valence-electron chi connectivity index (χ2n) is 4.92. The molecule has 1 heterocycles. The zero-order valence-electron chi connectivity index (χ0n) is 9.96. The molecule has 2 fully saturated rings. The number of nitrogens with one attached hydrogen (secondary N) is 1. The van der Waals surface area contributed by atoms with E-state index in [0.29, 0.717) is 6.54 Å². The molecule has 0 spiro atoms. The van der Waals surface area contributed by atoms with Crippen molar-refractivity contribution in [2.75, 3.05) is 13.1 Å². The maximum Gasteiger partial charge on any atom is 0.326 e. The maximum absolute atomic E-state index is 11.8. The largest absolute Gasteiger partial charge is 0.480 e. The van der Waals surface area contributed by atoms with Gasteiger partial charge in [-0.05, 0) is 24.7 Å². The number of carboxylic acids is 1. The first-order valence-corrected chi connectivity index (χ1v) is 6.06. The summed E-state index contributed by atoms with van der Waals surface area (Å²) in [7, 11) is 0. The third kappa shape index (κ3) is 2.25. The molecular weight excluding hydrogens is 238 g/mol. The number of carbonyl (C=O) groups excluding carboxylic acids is 2. The second-order valence-corrected chi connectivity index (χ2v) is 4.92. The Morgan fingerprint density at radius 1 is 1.33 bits per heavy atom. The molecule has 1 saturated carbocycles. The Kier molecular flexibility index (Phi) is 3.40. The van der Waals surface area contributed by atoms with Crippen molar-refractivity contribution in [1.82, 2.24) is 10.2 Å². The number of nitrogens with zero attached hydrogens (tertiary/aromatic N) is 1. The van der Waals surface area contributed by atoms with Gasteiger partial charge in [-0.1, -0.05) is 6.42 Å². The number of aliphatic carboxylic acids is 1. The van der Waals surface area contributed by atoms with Crippen LogP contribution in [0.1, 0.15) is 19.3 Å². The van der Waals surface area contributed by atoms with E-state index in [9.17, 15) is 19.5 Å². The molecule has 3 unspecified atom stereocenters. The van der Waals surface area contributed by atoms with E-state index < -0.39 is 23.9 Å². The van der Waals surface area contributed by atoms with Gasteiger partial charge in [-0.3, -0.25) is 4.79 Å². The highest BCUT2D eigenvalue weighted by molar-refractivity contribution is 5.86. The van der Waals surface area contributed by atoms with Gasteiger partial charge in [0.2, 0.25) is 5.91 Å². The van der Waals surface area contributed by atoms with Gasteiger partial charge >= 0.3 is 12.0 Å². The molecule has 3 atom stereocenters. The number of hydrogen-bond donors (Lipinski definition) is 3. The molecule has 0 aromatic rings. The zero-order valence-corrected chi connectivity index (χ0v) is 9.96. The van der Waals surface area contributed by atoms with Crippen LogP contribution in [-0.4, -0.2) is 47.0 Å². The maximum atomic E-state index is 11.8. The Hall–Kier alpha value is -1.79. The molecular formula is C11H17N3O4. The minimum absolute atomic E-state index is 0.0434. The molecule has 1 saturated heterocycles. The van der Waals surface area contributed by atoms with Crippen LogP contribution in [0.4, 0.5) is 4.79 Å². The van der Waals surface area contributed by atoms with Gasteiger partial charge in [0.05, 0.1) is 6.54 Å². The van der Waals surface area contributed by atoms with E-state index in [0.717, 1.165) is 19.3 Å². The summed E-state index contributed by atoms with van der Waals surface area (Å²) in [6.07, 6.45) is 2.84. The van der Waals surface area contributed by atoms with Crippen LogP contribution in [0, 0.1) is 11.8 Å². The quantitative estimate of drug-likeness (QED) is 0.623. The molecule has 1 aliphatic carbocycles. The van der Waals surface area contributed by atoms with E-state index in [-0.39, 0.29) is 18.4 Å². The van der Waals surface area contributed by atoms with E-state index in [2.05, 4.69) is 5.32 Å². The van der Waals surface area contributed by atoms with Crippen molar-refractivity contribution in [2.45, 2.75) is 25.3 Å². The normalized spacial score (nSPS) is 30.0. The average Bonchev–Trinajstić information content (AvgIpc) is 2.83. The number of carbonyl (C=O) groups is 3. The SMILES string of the molecule is NC(=O)CNC(=O)N1CC2CCCC2C1C(=O)O. The monoisotopic (exact) mass is 255 g/mol. The Labute approximate surface area is 104 Å². The summed E-state index contributed by atoms with van der Waals surface area (Å²) >= 11 is 0. The Bertz CT molecular complexity index is 384. The molecule has 0 aromatic heterocycles. The van der Waals surface area contributed by atoms with Crippen molar-refractivity contribution in [2.24, 2.45) is 17.6 Å². The van der Waals surface area contributed by atoms with Crippen molar-refractivity contribution in [1.29, 1.82) is 0 Å². The summed E-state index contributed by atoms with van der Waals surface area (Å²) in [5.74, 6) is -1.31. The number of nitrogens with two attached hydrogens (primary N) is 1. The molecule has 4 N–H and O–H groups in total. The Balaban J connectivity index is 2.05. The highest BCUT2D eigenvalue weighted by atomic mass is 16.4. The van der Waals surface area contributed by atoms with E-state index in [1.807, 2.05) is 0 Å². The summed E-state index contributed by atoms with van der Waals surface area (Å²) in [4.78, 5) is 35.0. The summed E-state index contributed by atoms with van der Waals surface area (Å²) in [6, 6.07) is -1.29. The smallest absolute Gasteiger partial charge is 0.326 e. The third-order valence-corrected chi connectivity index (χ3v) is 3.82. The summed E-state index contributed by atoms with van der Waals surface area (Å²) < 4.78 is 0. The molecule has 100 valence electrons. The van der Waals surface area contributed by atoms with Crippen LogP contribution in [0.25, 0.3) is 0 Å². The predicted molar refractivity (Wildman–Crippen MR) is 61.6 cm³/mol. The van der Waals surface area contributed by atoms with Gasteiger partial charge in [0.25, 0.3) is 0 Å². The fourth-order valence-corrected chi connectivity index (χ4v) is 3.10. The molecule has 1 aliphatic heterocycles. The van der Waals surface area contributed by atoms with Crippen molar-refractivity contribution in [3.05, 3.63) is 0 Å². The van der Waals surface area contributed by atoms with Gasteiger partial charge in [0, 0.05) is 6.54 Å². The minimum Gasteiger partial charge on any atom is -0.480 e. The molecule has 7 heteroatoms. The van der Waals surface area contributed by atoms with Crippen LogP contribution in [0.2, 0.25) is 0 Å². The average molecular weight is 255 g/mol. The fourth-order valence-electron chi connectivity index (χ4n) is 3.10. The zero-order chi connectivity index (χ0) is 13.3. The Morgan fingerprint density at radius 2 is 2.06 bits per heavy atom. The number of likely N-dealkylation sites (tertiary alicyclic amines) is 1. The van der Waals surface area contributed by atoms with Gasteiger partial charge in [-0.15, -0.1) is 0 Å². The number of fused-ring (bicyclic) bond motifs is 1. The topological polar surface area (TPSA) is 113 Å². The van der Waals surface area contributed by atoms with Crippen molar-refractivity contribution in [3.8, 4) is 0 Å². The third-order valence-electron chi connectivity index (χ3n) is 3.82. The number of primary amides is 1. The summed E-state index contributed by atoms with van der Waals surface area (Å²) in [5, 5.41) is 11.6. The van der Waals surface area contributed by atoms with E-state index in [1.54, 1.807) is 0 Å². The second kappa shape index (κ2) is 4.83. The van der Waals surface area contributed by atoms with Crippen LogP contribution in [0.15, 0.2) is 0 Å². The molecule has 18 heavy (non-hydrogen) atoms. The van der Waals surface area contributed by atoms with Crippen LogP contribution in [-0.2, 0) is 9.59 Å². The highest BCUT2D eigenvalue weighted by Gasteiger charge is 2.49. The number of hydrogen-bond acceptors (Lipinski definition) is 3. The van der Waals surface area contributed by atoms with Gasteiger partial charge in [0.1, 0.15) is 6.04 Å². The number of rotatable bonds is 3. The molecule has 3 amide bonds. The fraction of sp³-hybridized carbons (Fsp3) is 0.727. The molecule has 7 nitrogen and oxygen atoms in total. The first-order chi connectivity index (χ1) is 8.50. The van der Waals surface area contributed by atoms with E-state index in [4.69, 9.17) is 5.73 Å². The molecule has 2 aliphatic rings. The standard InChI is InChI=1S/C11H17N3O4/c12-8(15)4-13-11(18)14-5-6-2-1-3-7(6)9(14)10(16)17/h6-7,9H,1-5H2,(H2,12,15)(H,13,18)(H,16,17). The van der Waals surface area contributed by atoms with Crippen LogP contribution >= 0.6 is 0 Å². The van der Waals surface area contributed by atoms with Crippen molar-refractivity contribution >= 4 is 17.9 Å². The number of carboxylic acid groups (broad SMARTS) is 1. The van der Waals surface area contributed by atoms with E-state index >= 15 is 0 Å². The highest BCUT2D eigenvalue weighted by Crippen LogP contribution is 2.42. The number of urea groups is 1. The van der Waals surface area contributed by atoms with Gasteiger partial charge in [-0.2, -0.15) is 0 Å². The number of amides is 3. The lowest BCUT2D eigenvalue weighted by atomic mass is 9.94. The lowest BCUT2D eigenvalue weighted by molar-refractivity contribution is -0.142. The first kappa shape index (κ1) is 12.7. The molecule has 0 radical (unpaired) electrons. The molecule has 0 bridgehead atoms. The van der Waals surface area contributed by atoms with Crippen molar-refractivity contribution < 1.29 is 19.5 Å². The summed E-state index contributed by atoms with van der Waals surface area (Å²) in [6.45, 7) is 0.184. The van der Waals surface area contributed by atoms with Crippen LogP contribution < -0.4 is 11.1 Å². The first-order valence-electron chi connectivity index (χ1n) is 6.06. The van der Waals surface area contributed by atoms with E-state index in [1.165, 1.54) is 4.90 Å². The van der Waals surface area contributed by atoms with Gasteiger partial charge in [0.15, 0.2) is 0 Å². The summed E-state index contributed by atoms with van der Waals surface area (Å²) in [5.41, 5.74) is 4.94. The molecule has 0 aromatic carbocycles. The minimum atomic E-state index is -0.973. The van der Waals surface area contributed by atoms with Crippen molar-refractivity contribution in [3.63, 3.8) is 0 Å². The lowest BCUT2D eigenvalue weighted by Crippen LogP contribution is -2.49. The predicted octanol–water partition coefficient (Wildman–Crippen LogP) is -0.634. The van der Waals surface area contributed by atoms with Crippen LogP contribution in [0.3, 0.4) is 0 Å². The lowest BCUT2D eigenvalue weighted by Gasteiger charge is -2.24. The molecule has 2 rings (SSSR count). The van der Waals surface area contributed by atoms with Crippen LogP contribution in [0.5, 0.6) is 0 Å². The van der Waals surface area contributed by atoms with Gasteiger partial charge in [-0.25, -0.2) is 9.59 Å². The van der Waals surface area contributed by atoms with Gasteiger partial charge < -0.3 is 21.1 Å².